The Labute approximate surface area is 105 Å². The van der Waals surface area contributed by atoms with Gasteiger partial charge in [-0.3, -0.25) is 0 Å². The van der Waals surface area contributed by atoms with Crippen LogP contribution in [0.15, 0.2) is 36.9 Å². The van der Waals surface area contributed by atoms with Crippen LogP contribution in [0.2, 0.25) is 0 Å². The van der Waals surface area contributed by atoms with Crippen molar-refractivity contribution in [3.8, 4) is 11.5 Å². The van der Waals surface area contributed by atoms with E-state index in [0.717, 1.165) is 11.3 Å². The molecule has 2 N–H and O–H groups in total. The van der Waals surface area contributed by atoms with E-state index in [1.807, 2.05) is 6.92 Å². The number of hydrogen-bond acceptors (Lipinski definition) is 5. The topological polar surface area (TPSA) is 67.3 Å². The number of aromatic nitrogens is 2. The average molecular weight is 245 g/mol. The Balaban J connectivity index is 2.20. The number of hydrogen-bond donors (Lipinski definition) is 2. The van der Waals surface area contributed by atoms with Gasteiger partial charge in [0.2, 0.25) is 0 Å². The summed E-state index contributed by atoms with van der Waals surface area (Å²) < 4.78 is 5.15. The molecule has 5 heteroatoms. The van der Waals surface area contributed by atoms with E-state index in [-0.39, 0.29) is 11.8 Å². The van der Waals surface area contributed by atoms with Gasteiger partial charge in [0, 0.05) is 5.56 Å². The van der Waals surface area contributed by atoms with E-state index in [9.17, 15) is 5.11 Å². The first-order valence-corrected chi connectivity index (χ1v) is 5.59. The van der Waals surface area contributed by atoms with E-state index in [1.54, 1.807) is 37.7 Å². The zero-order valence-corrected chi connectivity index (χ0v) is 10.3. The number of anilines is 1. The zero-order valence-electron chi connectivity index (χ0n) is 10.3. The Morgan fingerprint density at radius 2 is 2.00 bits per heavy atom. The Morgan fingerprint density at radius 3 is 2.67 bits per heavy atom. The largest absolute Gasteiger partial charge is 0.508 e. The highest BCUT2D eigenvalue weighted by Gasteiger charge is 2.11. The van der Waals surface area contributed by atoms with Crippen molar-refractivity contribution < 1.29 is 9.84 Å². The van der Waals surface area contributed by atoms with Gasteiger partial charge in [-0.2, -0.15) is 0 Å². The molecule has 0 saturated carbocycles. The molecule has 94 valence electrons. The highest BCUT2D eigenvalue weighted by molar-refractivity contribution is 5.46. The lowest BCUT2D eigenvalue weighted by atomic mass is 10.1. The molecule has 0 bridgehead atoms. The second-order valence-electron chi connectivity index (χ2n) is 3.92. The third-order valence-electron chi connectivity index (χ3n) is 2.64. The third-order valence-corrected chi connectivity index (χ3v) is 2.64. The Kier molecular flexibility index (Phi) is 3.62. The van der Waals surface area contributed by atoms with Crippen LogP contribution in [0, 0.1) is 0 Å². The molecule has 1 unspecified atom stereocenters. The molecule has 2 aromatic rings. The summed E-state index contributed by atoms with van der Waals surface area (Å²) in [5.41, 5.74) is 1.56. The Morgan fingerprint density at radius 1 is 1.28 bits per heavy atom. The predicted octanol–water partition coefficient (Wildman–Crippen LogP) is 2.36. The number of ether oxygens (including phenoxy) is 1. The molecule has 18 heavy (non-hydrogen) atoms. The summed E-state index contributed by atoms with van der Waals surface area (Å²) >= 11 is 0. The van der Waals surface area contributed by atoms with Crippen molar-refractivity contribution in [1.29, 1.82) is 0 Å². The van der Waals surface area contributed by atoms with Gasteiger partial charge in [0.05, 0.1) is 31.2 Å². The summed E-state index contributed by atoms with van der Waals surface area (Å²) in [5.74, 6) is 0.938. The highest BCUT2D eigenvalue weighted by atomic mass is 16.5. The minimum Gasteiger partial charge on any atom is -0.508 e. The molecule has 2 rings (SSSR count). The van der Waals surface area contributed by atoms with Gasteiger partial charge in [0.25, 0.3) is 0 Å². The number of phenolic OH excluding ortho intramolecular Hbond substituents is 1. The maximum Gasteiger partial charge on any atom is 0.121 e. The molecule has 0 spiro atoms. The summed E-state index contributed by atoms with van der Waals surface area (Å²) in [6, 6.07) is 5.06. The van der Waals surface area contributed by atoms with Crippen LogP contribution in [-0.4, -0.2) is 22.2 Å². The van der Waals surface area contributed by atoms with Crippen LogP contribution in [0.4, 0.5) is 5.69 Å². The van der Waals surface area contributed by atoms with Gasteiger partial charge in [0.15, 0.2) is 0 Å². The lowest BCUT2D eigenvalue weighted by Gasteiger charge is -2.17. The van der Waals surface area contributed by atoms with Gasteiger partial charge < -0.3 is 15.2 Å². The number of methoxy groups -OCH3 is 1. The fraction of sp³-hybridized carbons (Fsp3) is 0.231. The molecule has 0 radical (unpaired) electrons. The molecule has 0 fully saturated rings. The lowest BCUT2D eigenvalue weighted by molar-refractivity contribution is 0.410. The Hall–Kier alpha value is -2.30. The molecule has 0 saturated heterocycles. The molecule has 1 aromatic carbocycles. The minimum atomic E-state index is -0.0777. The standard InChI is InChI=1S/C13H15N3O2/c1-9(16-10-6-14-8-15-7-10)12-5-11(18-2)3-4-13(12)17/h3-9,16-17H,1-2H3. The molecule has 5 nitrogen and oxygen atoms in total. The second-order valence-corrected chi connectivity index (χ2v) is 3.92. The number of nitrogens with zero attached hydrogens (tertiary/aromatic N) is 2. The molecular weight excluding hydrogens is 230 g/mol. The van der Waals surface area contributed by atoms with Gasteiger partial charge >= 0.3 is 0 Å². The fourth-order valence-electron chi connectivity index (χ4n) is 1.71. The number of aromatic hydroxyl groups is 1. The molecule has 0 aliphatic carbocycles. The molecule has 1 atom stereocenters. The van der Waals surface area contributed by atoms with Crippen LogP contribution in [0.3, 0.4) is 0 Å². The van der Waals surface area contributed by atoms with Gasteiger partial charge in [0.1, 0.15) is 17.8 Å². The maximum atomic E-state index is 9.85. The van der Waals surface area contributed by atoms with Crippen molar-refractivity contribution >= 4 is 5.69 Å². The van der Waals surface area contributed by atoms with E-state index < -0.39 is 0 Å². The highest BCUT2D eigenvalue weighted by Crippen LogP contribution is 2.30. The van der Waals surface area contributed by atoms with Gasteiger partial charge in [-0.1, -0.05) is 0 Å². The molecular formula is C13H15N3O2. The van der Waals surface area contributed by atoms with Crippen LogP contribution >= 0.6 is 0 Å². The monoisotopic (exact) mass is 245 g/mol. The van der Waals surface area contributed by atoms with Gasteiger partial charge in [-0.05, 0) is 25.1 Å². The number of nitrogens with one attached hydrogen (secondary N) is 1. The van der Waals surface area contributed by atoms with Crippen LogP contribution in [0.1, 0.15) is 18.5 Å². The maximum absolute atomic E-state index is 9.85. The summed E-state index contributed by atoms with van der Waals surface area (Å²) in [7, 11) is 1.60. The molecule has 0 aliphatic heterocycles. The van der Waals surface area contributed by atoms with Crippen LogP contribution in [0.25, 0.3) is 0 Å². The Bertz CT molecular complexity index is 517. The first kappa shape index (κ1) is 12.2. The SMILES string of the molecule is COc1ccc(O)c(C(C)Nc2cncnc2)c1. The summed E-state index contributed by atoms with van der Waals surface area (Å²) in [4.78, 5) is 7.85. The minimum absolute atomic E-state index is 0.0777. The molecule has 1 heterocycles. The van der Waals surface area contributed by atoms with Crippen molar-refractivity contribution in [2.75, 3.05) is 12.4 Å². The van der Waals surface area contributed by atoms with Gasteiger partial charge in [-0.25, -0.2) is 9.97 Å². The number of phenols is 1. The number of rotatable bonds is 4. The van der Waals surface area contributed by atoms with E-state index in [4.69, 9.17) is 4.74 Å². The first-order chi connectivity index (χ1) is 8.70. The average Bonchev–Trinajstić information content (AvgIpc) is 2.40. The van der Waals surface area contributed by atoms with Crippen molar-refractivity contribution in [2.45, 2.75) is 13.0 Å². The molecule has 1 aromatic heterocycles. The summed E-state index contributed by atoms with van der Waals surface area (Å²) in [5, 5.41) is 13.1. The van der Waals surface area contributed by atoms with Crippen molar-refractivity contribution in [3.63, 3.8) is 0 Å². The lowest BCUT2D eigenvalue weighted by Crippen LogP contribution is -2.07. The second kappa shape index (κ2) is 5.35. The zero-order chi connectivity index (χ0) is 13.0. The first-order valence-electron chi connectivity index (χ1n) is 5.59. The van der Waals surface area contributed by atoms with Crippen LogP contribution in [-0.2, 0) is 0 Å². The van der Waals surface area contributed by atoms with E-state index in [2.05, 4.69) is 15.3 Å². The quantitative estimate of drug-likeness (QED) is 0.865. The molecule has 0 amide bonds. The number of benzene rings is 1. The van der Waals surface area contributed by atoms with Crippen molar-refractivity contribution in [2.24, 2.45) is 0 Å². The van der Waals surface area contributed by atoms with Crippen LogP contribution < -0.4 is 10.1 Å². The molecule has 0 aliphatic rings. The van der Waals surface area contributed by atoms with Crippen LogP contribution in [0.5, 0.6) is 11.5 Å². The van der Waals surface area contributed by atoms with E-state index in [1.165, 1.54) is 6.33 Å². The fourth-order valence-corrected chi connectivity index (χ4v) is 1.71. The van der Waals surface area contributed by atoms with Crippen molar-refractivity contribution in [3.05, 3.63) is 42.5 Å². The smallest absolute Gasteiger partial charge is 0.121 e. The van der Waals surface area contributed by atoms with Gasteiger partial charge in [-0.15, -0.1) is 0 Å². The normalized spacial score (nSPS) is 11.9. The predicted molar refractivity (Wildman–Crippen MR) is 68.7 cm³/mol. The van der Waals surface area contributed by atoms with E-state index in [0.29, 0.717) is 5.75 Å². The summed E-state index contributed by atoms with van der Waals surface area (Å²) in [6.07, 6.45) is 4.83. The van der Waals surface area contributed by atoms with E-state index >= 15 is 0 Å². The summed E-state index contributed by atoms with van der Waals surface area (Å²) in [6.45, 7) is 1.95. The third kappa shape index (κ3) is 2.68. The van der Waals surface area contributed by atoms with Crippen molar-refractivity contribution in [1.82, 2.24) is 9.97 Å².